The fourth-order valence-corrected chi connectivity index (χ4v) is 5.28. The number of rotatable bonds is 4. The first-order chi connectivity index (χ1) is 16.0. The van der Waals surface area contributed by atoms with Gasteiger partial charge in [0.05, 0.1) is 18.7 Å². The SMILES string of the molecule is Cc1ccc(F)c2cc(C(=O)Nc3cc(F)cc(C4CCC(N5CCOCC5)CC4)c3)[nH]c12. The molecule has 33 heavy (non-hydrogen) atoms. The van der Waals surface area contributed by atoms with Crippen molar-refractivity contribution in [1.82, 2.24) is 9.88 Å². The van der Waals surface area contributed by atoms with E-state index < -0.39 is 5.91 Å². The van der Waals surface area contributed by atoms with Crippen LogP contribution >= 0.6 is 0 Å². The van der Waals surface area contributed by atoms with Crippen LogP contribution in [0.4, 0.5) is 14.5 Å². The van der Waals surface area contributed by atoms with Crippen molar-refractivity contribution in [1.29, 1.82) is 0 Å². The van der Waals surface area contributed by atoms with Crippen LogP contribution in [-0.4, -0.2) is 48.1 Å². The van der Waals surface area contributed by atoms with Crippen LogP contribution in [0, 0.1) is 18.6 Å². The molecule has 1 aromatic heterocycles. The van der Waals surface area contributed by atoms with Crippen LogP contribution in [0.15, 0.2) is 36.4 Å². The van der Waals surface area contributed by atoms with Gasteiger partial charge in [0.1, 0.15) is 17.3 Å². The molecule has 5 nitrogen and oxygen atoms in total. The fourth-order valence-electron chi connectivity index (χ4n) is 5.28. The third kappa shape index (κ3) is 4.66. The highest BCUT2D eigenvalue weighted by Crippen LogP contribution is 2.36. The van der Waals surface area contributed by atoms with Crippen LogP contribution in [0.1, 0.15) is 53.2 Å². The van der Waals surface area contributed by atoms with E-state index in [9.17, 15) is 13.6 Å². The second kappa shape index (κ2) is 9.23. The lowest BCUT2D eigenvalue weighted by atomic mass is 9.81. The number of morpholine rings is 1. The van der Waals surface area contributed by atoms with Gasteiger partial charge >= 0.3 is 0 Å². The van der Waals surface area contributed by atoms with Crippen molar-refractivity contribution in [3.8, 4) is 0 Å². The summed E-state index contributed by atoms with van der Waals surface area (Å²) >= 11 is 0. The molecule has 2 N–H and O–H groups in total. The number of fused-ring (bicyclic) bond motifs is 1. The van der Waals surface area contributed by atoms with Gasteiger partial charge in [-0.3, -0.25) is 9.69 Å². The van der Waals surface area contributed by atoms with Gasteiger partial charge in [0.15, 0.2) is 0 Å². The van der Waals surface area contributed by atoms with E-state index in [4.69, 9.17) is 4.74 Å². The van der Waals surface area contributed by atoms with Crippen molar-refractivity contribution in [2.24, 2.45) is 0 Å². The maximum Gasteiger partial charge on any atom is 0.272 e. The highest BCUT2D eigenvalue weighted by molar-refractivity contribution is 6.06. The number of aryl methyl sites for hydroxylation is 1. The topological polar surface area (TPSA) is 57.4 Å². The molecular weight excluding hydrogens is 424 g/mol. The van der Waals surface area contributed by atoms with Gasteiger partial charge in [-0.25, -0.2) is 8.78 Å². The Kier molecular flexibility index (Phi) is 6.17. The molecule has 2 fully saturated rings. The van der Waals surface area contributed by atoms with E-state index >= 15 is 0 Å². The predicted octanol–water partition coefficient (Wildman–Crippen LogP) is 5.37. The summed E-state index contributed by atoms with van der Waals surface area (Å²) < 4.78 is 34.0. The van der Waals surface area contributed by atoms with Crippen LogP contribution in [-0.2, 0) is 4.74 Å². The maximum atomic E-state index is 14.4. The number of hydrogen-bond donors (Lipinski definition) is 2. The Balaban J connectivity index is 1.29. The number of halogens is 2. The Morgan fingerprint density at radius 2 is 1.82 bits per heavy atom. The van der Waals surface area contributed by atoms with Crippen molar-refractivity contribution in [3.63, 3.8) is 0 Å². The molecule has 0 bridgehead atoms. The molecule has 0 atom stereocenters. The number of anilines is 1. The van der Waals surface area contributed by atoms with Gasteiger partial charge in [0.2, 0.25) is 0 Å². The third-order valence-corrected chi connectivity index (χ3v) is 7.10. The number of hydrogen-bond acceptors (Lipinski definition) is 3. The van der Waals surface area contributed by atoms with Gasteiger partial charge in [0, 0.05) is 30.2 Å². The van der Waals surface area contributed by atoms with Gasteiger partial charge in [-0.05, 0) is 80.0 Å². The Morgan fingerprint density at radius 1 is 1.06 bits per heavy atom. The minimum absolute atomic E-state index is 0.245. The smallest absolute Gasteiger partial charge is 0.272 e. The highest BCUT2D eigenvalue weighted by Gasteiger charge is 2.28. The number of nitrogens with one attached hydrogen (secondary N) is 2. The lowest BCUT2D eigenvalue weighted by Gasteiger charge is -2.39. The second-order valence-electron chi connectivity index (χ2n) is 9.22. The van der Waals surface area contributed by atoms with Crippen LogP contribution < -0.4 is 5.32 Å². The van der Waals surface area contributed by atoms with Crippen molar-refractivity contribution in [2.45, 2.75) is 44.6 Å². The van der Waals surface area contributed by atoms with E-state index in [2.05, 4.69) is 15.2 Å². The largest absolute Gasteiger partial charge is 0.379 e. The average Bonchev–Trinajstić information content (AvgIpc) is 3.29. The van der Waals surface area contributed by atoms with E-state index in [0.29, 0.717) is 22.6 Å². The molecule has 1 saturated heterocycles. The van der Waals surface area contributed by atoms with E-state index in [0.717, 1.165) is 63.1 Å². The van der Waals surface area contributed by atoms with Gasteiger partial charge < -0.3 is 15.0 Å². The first kappa shape index (κ1) is 22.0. The summed E-state index contributed by atoms with van der Waals surface area (Å²) in [7, 11) is 0. The summed E-state index contributed by atoms with van der Waals surface area (Å²) in [4.78, 5) is 18.3. The molecule has 174 valence electrons. The first-order valence-electron chi connectivity index (χ1n) is 11.7. The average molecular weight is 454 g/mol. The number of benzene rings is 2. The zero-order valence-corrected chi connectivity index (χ0v) is 18.8. The van der Waals surface area contributed by atoms with Gasteiger partial charge in [0.25, 0.3) is 5.91 Å². The summed E-state index contributed by atoms with van der Waals surface area (Å²) in [5, 5.41) is 3.16. The molecular formula is C26H29F2N3O2. The number of aromatic amines is 1. The van der Waals surface area contributed by atoms with E-state index in [1.54, 1.807) is 12.1 Å². The predicted molar refractivity (Wildman–Crippen MR) is 125 cm³/mol. The van der Waals surface area contributed by atoms with E-state index in [1.165, 1.54) is 18.2 Å². The Bertz CT molecular complexity index is 1120. The minimum atomic E-state index is -0.419. The Hall–Kier alpha value is -2.77. The number of nitrogens with zero attached hydrogens (tertiary/aromatic N) is 1. The summed E-state index contributed by atoms with van der Waals surface area (Å²) in [6.07, 6.45) is 4.17. The summed E-state index contributed by atoms with van der Waals surface area (Å²) in [6.45, 7) is 5.43. The van der Waals surface area contributed by atoms with Crippen molar-refractivity contribution in [2.75, 3.05) is 31.6 Å². The number of H-pyrrole nitrogens is 1. The molecule has 3 aromatic rings. The van der Waals surface area contributed by atoms with Crippen LogP contribution in [0.2, 0.25) is 0 Å². The molecule has 7 heteroatoms. The van der Waals surface area contributed by atoms with Gasteiger partial charge in [-0.2, -0.15) is 0 Å². The molecule has 5 rings (SSSR count). The van der Waals surface area contributed by atoms with Crippen molar-refractivity contribution < 1.29 is 18.3 Å². The molecule has 2 heterocycles. The molecule has 1 saturated carbocycles. The Morgan fingerprint density at radius 3 is 2.55 bits per heavy atom. The number of carbonyl (C=O) groups is 1. The quantitative estimate of drug-likeness (QED) is 0.559. The van der Waals surface area contributed by atoms with E-state index in [1.807, 2.05) is 13.0 Å². The van der Waals surface area contributed by atoms with Crippen molar-refractivity contribution in [3.05, 3.63) is 64.9 Å². The molecule has 1 aliphatic heterocycles. The van der Waals surface area contributed by atoms with Crippen LogP contribution in [0.3, 0.4) is 0 Å². The minimum Gasteiger partial charge on any atom is -0.379 e. The lowest BCUT2D eigenvalue weighted by Crippen LogP contribution is -2.44. The van der Waals surface area contributed by atoms with Crippen LogP contribution in [0.25, 0.3) is 10.9 Å². The molecule has 1 aliphatic carbocycles. The van der Waals surface area contributed by atoms with E-state index in [-0.39, 0.29) is 23.2 Å². The fraction of sp³-hybridized carbons (Fsp3) is 0.423. The summed E-state index contributed by atoms with van der Waals surface area (Å²) in [5.41, 5.74) is 3.03. The third-order valence-electron chi connectivity index (χ3n) is 7.10. The first-order valence-corrected chi connectivity index (χ1v) is 11.7. The summed E-state index contributed by atoms with van der Waals surface area (Å²) in [5.74, 6) is -0.890. The van der Waals surface area contributed by atoms with Gasteiger partial charge in [-0.15, -0.1) is 0 Å². The lowest BCUT2D eigenvalue weighted by molar-refractivity contribution is 0.00729. The van der Waals surface area contributed by atoms with Crippen molar-refractivity contribution >= 4 is 22.5 Å². The molecule has 1 amide bonds. The number of amides is 1. The molecule has 2 aliphatic rings. The monoisotopic (exact) mass is 453 g/mol. The zero-order chi connectivity index (χ0) is 22.9. The zero-order valence-electron chi connectivity index (χ0n) is 18.8. The maximum absolute atomic E-state index is 14.4. The molecule has 2 aromatic carbocycles. The highest BCUT2D eigenvalue weighted by atomic mass is 19.1. The number of aromatic nitrogens is 1. The Labute approximate surface area is 192 Å². The number of ether oxygens (including phenoxy) is 1. The van der Waals surface area contributed by atoms with Crippen LogP contribution in [0.5, 0.6) is 0 Å². The summed E-state index contributed by atoms with van der Waals surface area (Å²) in [6, 6.07) is 9.91. The normalized spacial score (nSPS) is 21.9. The molecule has 0 radical (unpaired) electrons. The van der Waals surface area contributed by atoms with Gasteiger partial charge in [-0.1, -0.05) is 6.07 Å². The molecule has 0 unspecified atom stereocenters. The standard InChI is InChI=1S/C26H29F2N3O2/c1-16-2-7-23(28)22-15-24(30-25(16)22)26(32)29-20-13-18(12-19(27)14-20)17-3-5-21(6-4-17)31-8-10-33-11-9-31/h2,7,12-15,17,21,30H,3-6,8-11H2,1H3,(H,29,32). The second-order valence-corrected chi connectivity index (χ2v) is 9.22. The number of carbonyl (C=O) groups excluding carboxylic acids is 1. The molecule has 0 spiro atoms.